The average Bonchev–Trinajstić information content (AvgIpc) is 3.10. The third-order valence-corrected chi connectivity index (χ3v) is 4.98. The molecule has 0 spiro atoms. The van der Waals surface area contributed by atoms with Crippen LogP contribution in [0.3, 0.4) is 0 Å². The molecule has 0 unspecified atom stereocenters. The second kappa shape index (κ2) is 8.35. The molecular formula is C20H20FN3O2S. The molecule has 0 aliphatic carbocycles. The van der Waals surface area contributed by atoms with Crippen molar-refractivity contribution in [2.45, 2.75) is 37.3 Å². The van der Waals surface area contributed by atoms with Gasteiger partial charge in [0.05, 0.1) is 11.3 Å². The Morgan fingerprint density at radius 3 is 2.59 bits per heavy atom. The molecule has 7 heteroatoms. The topological polar surface area (TPSA) is 68.0 Å². The van der Waals surface area contributed by atoms with Gasteiger partial charge in [-0.25, -0.2) is 4.39 Å². The standard InChI is InChI=1S/C20H20FN3O2S/c1-12-5-4-6-16(11-12)19-23-24-20(26-19)27-14(3)18(25)22-13(2)15-7-9-17(21)10-8-15/h4-11,13-14H,1-3H3,(H,22,25)/t13-,14+/m1/s1. The van der Waals surface area contributed by atoms with Crippen LogP contribution in [0.5, 0.6) is 0 Å². The van der Waals surface area contributed by atoms with Gasteiger partial charge in [-0.3, -0.25) is 4.79 Å². The number of nitrogens with zero attached hydrogens (tertiary/aromatic N) is 2. The van der Waals surface area contributed by atoms with Crippen molar-refractivity contribution < 1.29 is 13.6 Å². The number of amides is 1. The number of hydrogen-bond donors (Lipinski definition) is 1. The van der Waals surface area contributed by atoms with E-state index in [4.69, 9.17) is 4.42 Å². The lowest BCUT2D eigenvalue weighted by Crippen LogP contribution is -2.33. The number of halogens is 1. The molecule has 1 amide bonds. The van der Waals surface area contributed by atoms with Crippen molar-refractivity contribution in [1.29, 1.82) is 0 Å². The van der Waals surface area contributed by atoms with Crippen molar-refractivity contribution in [1.82, 2.24) is 15.5 Å². The number of thioether (sulfide) groups is 1. The molecule has 27 heavy (non-hydrogen) atoms. The molecule has 5 nitrogen and oxygen atoms in total. The SMILES string of the molecule is Cc1cccc(-c2nnc(S[C@@H](C)C(=O)N[C@H](C)c3ccc(F)cc3)o2)c1. The molecule has 0 radical (unpaired) electrons. The van der Waals surface area contributed by atoms with Crippen LogP contribution in [0, 0.1) is 12.7 Å². The number of benzene rings is 2. The van der Waals surface area contributed by atoms with Gasteiger partial charge < -0.3 is 9.73 Å². The molecule has 1 heterocycles. The fourth-order valence-electron chi connectivity index (χ4n) is 2.52. The molecule has 0 aliphatic rings. The van der Waals surface area contributed by atoms with Crippen LogP contribution in [-0.2, 0) is 4.79 Å². The van der Waals surface area contributed by atoms with Crippen molar-refractivity contribution >= 4 is 17.7 Å². The molecule has 140 valence electrons. The first-order valence-electron chi connectivity index (χ1n) is 8.55. The largest absolute Gasteiger partial charge is 0.411 e. The monoisotopic (exact) mass is 385 g/mol. The van der Waals surface area contributed by atoms with Crippen LogP contribution < -0.4 is 5.32 Å². The molecule has 0 bridgehead atoms. The Hall–Kier alpha value is -2.67. The number of nitrogens with one attached hydrogen (secondary N) is 1. The Kier molecular flexibility index (Phi) is 5.91. The van der Waals surface area contributed by atoms with E-state index in [-0.39, 0.29) is 17.8 Å². The molecule has 0 aliphatic heterocycles. The summed E-state index contributed by atoms with van der Waals surface area (Å²) in [5.74, 6) is -0.0392. The van der Waals surface area contributed by atoms with Crippen molar-refractivity contribution in [2.75, 3.05) is 0 Å². The molecule has 0 saturated carbocycles. The predicted octanol–water partition coefficient (Wildman–Crippen LogP) is 4.54. The van der Waals surface area contributed by atoms with Crippen LogP contribution in [0.4, 0.5) is 4.39 Å². The zero-order valence-electron chi connectivity index (χ0n) is 15.3. The summed E-state index contributed by atoms with van der Waals surface area (Å²) in [7, 11) is 0. The number of carbonyl (C=O) groups is 1. The van der Waals surface area contributed by atoms with Gasteiger partial charge in [0.25, 0.3) is 5.22 Å². The summed E-state index contributed by atoms with van der Waals surface area (Å²) in [5, 5.41) is 10.9. The zero-order chi connectivity index (χ0) is 19.4. The Morgan fingerprint density at radius 1 is 1.15 bits per heavy atom. The molecule has 1 N–H and O–H groups in total. The minimum absolute atomic E-state index is 0.160. The third kappa shape index (κ3) is 4.95. The van der Waals surface area contributed by atoms with E-state index in [0.29, 0.717) is 11.1 Å². The van der Waals surface area contributed by atoms with Crippen LogP contribution >= 0.6 is 11.8 Å². The Labute approximate surface area is 161 Å². The van der Waals surface area contributed by atoms with Gasteiger partial charge >= 0.3 is 0 Å². The number of rotatable bonds is 6. The molecule has 1 aromatic heterocycles. The second-order valence-corrected chi connectivity index (χ2v) is 7.58. The van der Waals surface area contributed by atoms with E-state index < -0.39 is 5.25 Å². The highest BCUT2D eigenvalue weighted by molar-refractivity contribution is 8.00. The van der Waals surface area contributed by atoms with Crippen molar-refractivity contribution in [3.63, 3.8) is 0 Å². The van der Waals surface area contributed by atoms with Gasteiger partial charge in [0, 0.05) is 5.56 Å². The fourth-order valence-corrected chi connectivity index (χ4v) is 3.21. The second-order valence-electron chi connectivity index (χ2n) is 6.28. The Balaban J connectivity index is 1.60. The van der Waals surface area contributed by atoms with E-state index in [0.717, 1.165) is 16.7 Å². The van der Waals surface area contributed by atoms with Gasteiger partial charge in [-0.15, -0.1) is 10.2 Å². The molecule has 0 saturated heterocycles. The molecule has 3 aromatic rings. The first-order chi connectivity index (χ1) is 12.9. The highest BCUT2D eigenvalue weighted by atomic mass is 32.2. The van der Waals surface area contributed by atoms with Gasteiger partial charge in [0.15, 0.2) is 0 Å². The lowest BCUT2D eigenvalue weighted by molar-refractivity contribution is -0.120. The number of aromatic nitrogens is 2. The van der Waals surface area contributed by atoms with E-state index in [1.54, 1.807) is 19.1 Å². The van der Waals surface area contributed by atoms with Gasteiger partial charge in [0.2, 0.25) is 11.8 Å². The molecule has 2 atom stereocenters. The summed E-state index contributed by atoms with van der Waals surface area (Å²) >= 11 is 1.20. The third-order valence-electron chi connectivity index (χ3n) is 4.05. The normalized spacial score (nSPS) is 13.2. The molecular weight excluding hydrogens is 365 g/mol. The smallest absolute Gasteiger partial charge is 0.277 e. The minimum atomic E-state index is -0.418. The van der Waals surface area contributed by atoms with Gasteiger partial charge in [-0.2, -0.15) is 0 Å². The van der Waals surface area contributed by atoms with E-state index >= 15 is 0 Å². The van der Waals surface area contributed by atoms with Gasteiger partial charge in [0.1, 0.15) is 5.82 Å². The maximum atomic E-state index is 13.0. The van der Waals surface area contributed by atoms with Crippen LogP contribution in [0.25, 0.3) is 11.5 Å². The summed E-state index contributed by atoms with van der Waals surface area (Å²) < 4.78 is 18.7. The van der Waals surface area contributed by atoms with E-state index in [9.17, 15) is 9.18 Å². The van der Waals surface area contributed by atoms with Crippen molar-refractivity contribution in [3.8, 4) is 11.5 Å². The minimum Gasteiger partial charge on any atom is -0.411 e. The lowest BCUT2D eigenvalue weighted by atomic mass is 10.1. The lowest BCUT2D eigenvalue weighted by Gasteiger charge is -2.16. The summed E-state index contributed by atoms with van der Waals surface area (Å²) in [6.07, 6.45) is 0. The van der Waals surface area contributed by atoms with Crippen LogP contribution in [0.15, 0.2) is 58.2 Å². The Bertz CT molecular complexity index is 927. The average molecular weight is 385 g/mol. The maximum Gasteiger partial charge on any atom is 0.277 e. The first-order valence-corrected chi connectivity index (χ1v) is 9.43. The van der Waals surface area contributed by atoms with Gasteiger partial charge in [-0.1, -0.05) is 41.6 Å². The Morgan fingerprint density at radius 2 is 1.89 bits per heavy atom. The molecule has 2 aromatic carbocycles. The van der Waals surface area contributed by atoms with Crippen LogP contribution in [-0.4, -0.2) is 21.4 Å². The zero-order valence-corrected chi connectivity index (χ0v) is 16.1. The number of hydrogen-bond acceptors (Lipinski definition) is 5. The van der Waals surface area contributed by atoms with Crippen LogP contribution in [0.1, 0.15) is 31.0 Å². The maximum absolute atomic E-state index is 13.0. The number of aryl methyl sites for hydroxylation is 1. The van der Waals surface area contributed by atoms with Crippen LogP contribution in [0.2, 0.25) is 0 Å². The van der Waals surface area contributed by atoms with Gasteiger partial charge in [-0.05, 0) is 50.6 Å². The highest BCUT2D eigenvalue weighted by Crippen LogP contribution is 2.27. The van der Waals surface area contributed by atoms with E-state index in [2.05, 4.69) is 15.5 Å². The van der Waals surface area contributed by atoms with E-state index in [1.165, 1.54) is 23.9 Å². The summed E-state index contributed by atoms with van der Waals surface area (Å²) in [4.78, 5) is 12.4. The van der Waals surface area contributed by atoms with Crippen molar-refractivity contribution in [2.24, 2.45) is 0 Å². The van der Waals surface area contributed by atoms with Crippen molar-refractivity contribution in [3.05, 3.63) is 65.5 Å². The fraction of sp³-hybridized carbons (Fsp3) is 0.250. The quantitative estimate of drug-likeness (QED) is 0.631. The molecule has 3 rings (SSSR count). The molecule has 0 fully saturated rings. The summed E-state index contributed by atoms with van der Waals surface area (Å²) in [6, 6.07) is 13.6. The highest BCUT2D eigenvalue weighted by Gasteiger charge is 2.20. The van der Waals surface area contributed by atoms with E-state index in [1.807, 2.05) is 38.1 Å². The summed E-state index contributed by atoms with van der Waals surface area (Å²) in [5.41, 5.74) is 2.78. The number of carbonyl (C=O) groups excluding carboxylic acids is 1. The summed E-state index contributed by atoms with van der Waals surface area (Å²) in [6.45, 7) is 5.61. The first kappa shape index (κ1) is 19.1. The predicted molar refractivity (Wildman–Crippen MR) is 103 cm³/mol.